The summed E-state index contributed by atoms with van der Waals surface area (Å²) >= 11 is 3.68. The predicted octanol–water partition coefficient (Wildman–Crippen LogP) is 5.17. The van der Waals surface area contributed by atoms with Crippen LogP contribution in [0.4, 0.5) is 4.79 Å². The SMILES string of the molecule is N#Cc1cc(C#Cc2cccc(CC(O)CCN3C=CSC(=O)N3CCc3ccc(C(=O)O)s3)c2)cs1. The Morgan fingerprint density at radius 3 is 2.70 bits per heavy atom. The molecule has 10 heteroatoms. The number of amides is 1. The Kier molecular flexibility index (Phi) is 9.04. The molecular weight excluding hydrogens is 527 g/mol. The van der Waals surface area contributed by atoms with Gasteiger partial charge in [-0.05, 0) is 65.9 Å². The largest absolute Gasteiger partial charge is 0.477 e. The van der Waals surface area contributed by atoms with Crippen LogP contribution >= 0.6 is 34.4 Å². The number of thiophene rings is 2. The lowest BCUT2D eigenvalue weighted by atomic mass is 10.0. The van der Waals surface area contributed by atoms with Gasteiger partial charge in [-0.1, -0.05) is 24.0 Å². The number of aliphatic hydroxyl groups excluding tert-OH is 1. The van der Waals surface area contributed by atoms with Crippen LogP contribution in [-0.2, 0) is 12.8 Å². The van der Waals surface area contributed by atoms with E-state index >= 15 is 0 Å². The van der Waals surface area contributed by atoms with Crippen LogP contribution in [0.15, 0.2) is 59.5 Å². The smallest absolute Gasteiger partial charge is 0.345 e. The maximum absolute atomic E-state index is 12.5. The molecule has 0 bridgehead atoms. The maximum atomic E-state index is 12.5. The van der Waals surface area contributed by atoms with Crippen LogP contribution < -0.4 is 0 Å². The van der Waals surface area contributed by atoms with Gasteiger partial charge in [0.25, 0.3) is 0 Å². The number of hydrazine groups is 1. The molecule has 4 rings (SSSR count). The average Bonchev–Trinajstić information content (AvgIpc) is 3.56. The molecule has 0 saturated carbocycles. The van der Waals surface area contributed by atoms with Gasteiger partial charge >= 0.3 is 11.2 Å². The number of nitriles is 1. The Balaban J connectivity index is 1.31. The van der Waals surface area contributed by atoms with Gasteiger partial charge < -0.3 is 10.2 Å². The van der Waals surface area contributed by atoms with E-state index in [1.165, 1.54) is 22.7 Å². The standard InChI is InChI=1S/C27H23N3O4S3/c28-17-24-16-21(18-36-24)5-4-19-2-1-3-20(14-19)15-22(31)8-10-29-12-13-35-27(34)30(29)11-9-23-6-7-25(37-23)26(32)33/h1-3,6-7,12-14,16,18,22,31H,8-11,15H2,(H,32,33). The van der Waals surface area contributed by atoms with Crippen molar-refractivity contribution < 1.29 is 19.8 Å². The minimum atomic E-state index is -0.950. The van der Waals surface area contributed by atoms with Crippen molar-refractivity contribution in [2.24, 2.45) is 0 Å². The molecule has 37 heavy (non-hydrogen) atoms. The Bertz CT molecular complexity index is 1410. The van der Waals surface area contributed by atoms with Crippen LogP contribution in [0, 0.1) is 23.2 Å². The molecule has 3 aromatic rings. The minimum Gasteiger partial charge on any atom is -0.477 e. The molecule has 1 aromatic carbocycles. The lowest BCUT2D eigenvalue weighted by molar-refractivity contribution is 0.0548. The van der Waals surface area contributed by atoms with E-state index in [0.29, 0.717) is 37.2 Å². The molecule has 188 valence electrons. The first-order valence-corrected chi connectivity index (χ1v) is 14.0. The van der Waals surface area contributed by atoms with Crippen molar-refractivity contribution in [3.63, 3.8) is 0 Å². The fourth-order valence-corrected chi connectivity index (χ4v) is 5.80. The summed E-state index contributed by atoms with van der Waals surface area (Å²) in [6.07, 6.45) is 2.69. The van der Waals surface area contributed by atoms with Gasteiger partial charge in [0.2, 0.25) is 0 Å². The summed E-state index contributed by atoms with van der Waals surface area (Å²) < 4.78 is 0. The Morgan fingerprint density at radius 2 is 1.95 bits per heavy atom. The molecule has 7 nitrogen and oxygen atoms in total. The van der Waals surface area contributed by atoms with Crippen molar-refractivity contribution >= 4 is 45.6 Å². The van der Waals surface area contributed by atoms with Gasteiger partial charge in [0.05, 0.1) is 6.10 Å². The van der Waals surface area contributed by atoms with Gasteiger partial charge in [-0.2, -0.15) is 5.26 Å². The highest BCUT2D eigenvalue weighted by Crippen LogP contribution is 2.23. The average molecular weight is 550 g/mol. The monoisotopic (exact) mass is 549 g/mol. The van der Waals surface area contributed by atoms with Crippen molar-refractivity contribution in [1.82, 2.24) is 10.0 Å². The van der Waals surface area contributed by atoms with E-state index in [0.717, 1.165) is 33.3 Å². The number of rotatable bonds is 9. The number of carboxylic acids is 1. The number of benzene rings is 1. The molecule has 0 radical (unpaired) electrons. The predicted molar refractivity (Wildman–Crippen MR) is 146 cm³/mol. The summed E-state index contributed by atoms with van der Waals surface area (Å²) in [5.41, 5.74) is 2.61. The van der Waals surface area contributed by atoms with Gasteiger partial charge in [0, 0.05) is 47.1 Å². The number of carbonyl (C=O) groups is 2. The fourth-order valence-electron chi connectivity index (χ4n) is 3.70. The summed E-state index contributed by atoms with van der Waals surface area (Å²) in [7, 11) is 0. The summed E-state index contributed by atoms with van der Waals surface area (Å²) in [6.45, 7) is 0.889. The third-order valence-corrected chi connectivity index (χ3v) is 8.15. The number of hydrogen-bond donors (Lipinski definition) is 2. The molecule has 0 saturated heterocycles. The summed E-state index contributed by atoms with van der Waals surface area (Å²) in [4.78, 5) is 25.4. The summed E-state index contributed by atoms with van der Waals surface area (Å²) in [5.74, 6) is 5.23. The summed E-state index contributed by atoms with van der Waals surface area (Å²) in [6, 6.07) is 15.0. The lowest BCUT2D eigenvalue weighted by Crippen LogP contribution is -2.45. The summed E-state index contributed by atoms with van der Waals surface area (Å²) in [5, 5.41) is 35.7. The van der Waals surface area contributed by atoms with E-state index in [4.69, 9.17) is 10.4 Å². The highest BCUT2D eigenvalue weighted by Gasteiger charge is 2.23. The van der Waals surface area contributed by atoms with Gasteiger partial charge in [0.15, 0.2) is 0 Å². The van der Waals surface area contributed by atoms with Gasteiger partial charge in [-0.25, -0.2) is 9.80 Å². The number of nitrogens with zero attached hydrogens (tertiary/aromatic N) is 3. The first-order valence-electron chi connectivity index (χ1n) is 11.4. The topological polar surface area (TPSA) is 105 Å². The fraction of sp³-hybridized carbons (Fsp3) is 0.222. The van der Waals surface area contributed by atoms with Gasteiger partial charge in [0.1, 0.15) is 15.8 Å². The first-order chi connectivity index (χ1) is 17.9. The second-order valence-corrected chi connectivity index (χ2v) is 11.1. The van der Waals surface area contributed by atoms with Crippen molar-refractivity contribution in [2.75, 3.05) is 13.1 Å². The zero-order valence-electron chi connectivity index (χ0n) is 19.7. The molecule has 1 aliphatic heterocycles. The Hall–Kier alpha value is -3.54. The van der Waals surface area contributed by atoms with Crippen LogP contribution in [-0.4, -0.2) is 50.6 Å². The number of thioether (sulfide) groups is 1. The number of aromatic carboxylic acids is 1. The van der Waals surface area contributed by atoms with E-state index in [2.05, 4.69) is 17.9 Å². The van der Waals surface area contributed by atoms with Crippen molar-refractivity contribution in [2.45, 2.75) is 25.4 Å². The lowest BCUT2D eigenvalue weighted by Gasteiger charge is -2.36. The molecule has 1 atom stereocenters. The molecular formula is C27H23N3O4S3. The third kappa shape index (κ3) is 7.48. The normalized spacial score (nSPS) is 13.7. The molecule has 0 fully saturated rings. The number of carboxylic acid groups (broad SMARTS) is 1. The van der Waals surface area contributed by atoms with E-state index in [9.17, 15) is 14.7 Å². The zero-order valence-corrected chi connectivity index (χ0v) is 22.1. The zero-order chi connectivity index (χ0) is 26.2. The number of hydrogen-bond acceptors (Lipinski definition) is 8. The molecule has 0 aliphatic carbocycles. The van der Waals surface area contributed by atoms with E-state index in [-0.39, 0.29) is 10.1 Å². The van der Waals surface area contributed by atoms with Crippen LogP contribution in [0.3, 0.4) is 0 Å². The van der Waals surface area contributed by atoms with Crippen molar-refractivity contribution in [1.29, 1.82) is 5.26 Å². The molecule has 0 spiro atoms. The third-order valence-electron chi connectivity index (χ3n) is 5.52. The van der Waals surface area contributed by atoms with Crippen LogP contribution in [0.2, 0.25) is 0 Å². The number of carbonyl (C=O) groups excluding carboxylic acids is 1. The second-order valence-electron chi connectivity index (χ2n) is 8.18. The van der Waals surface area contributed by atoms with Crippen LogP contribution in [0.25, 0.3) is 0 Å². The molecule has 2 N–H and O–H groups in total. The molecule has 1 aliphatic rings. The highest BCUT2D eigenvalue weighted by atomic mass is 32.2. The van der Waals surface area contributed by atoms with Crippen LogP contribution in [0.1, 0.15) is 42.5 Å². The van der Waals surface area contributed by atoms with Crippen LogP contribution in [0.5, 0.6) is 0 Å². The molecule has 3 heterocycles. The van der Waals surface area contributed by atoms with Gasteiger partial charge in [-0.15, -0.1) is 22.7 Å². The minimum absolute atomic E-state index is 0.106. The van der Waals surface area contributed by atoms with E-state index in [1.807, 2.05) is 40.9 Å². The molecule has 1 unspecified atom stereocenters. The number of aliphatic hydroxyl groups is 1. The van der Waals surface area contributed by atoms with Gasteiger partial charge in [-0.3, -0.25) is 9.80 Å². The molecule has 2 aromatic heterocycles. The maximum Gasteiger partial charge on any atom is 0.345 e. The van der Waals surface area contributed by atoms with E-state index in [1.54, 1.807) is 28.6 Å². The van der Waals surface area contributed by atoms with Crippen molar-refractivity contribution in [3.8, 4) is 17.9 Å². The Labute approximate surface area is 227 Å². The van der Waals surface area contributed by atoms with E-state index < -0.39 is 12.1 Å². The molecule has 1 amide bonds. The highest BCUT2D eigenvalue weighted by molar-refractivity contribution is 8.16. The quantitative estimate of drug-likeness (QED) is 0.355. The first kappa shape index (κ1) is 26.5. The second kappa shape index (κ2) is 12.6. The Morgan fingerprint density at radius 1 is 1.11 bits per heavy atom. The van der Waals surface area contributed by atoms with Crippen molar-refractivity contribution in [3.05, 3.63) is 90.8 Å².